The highest BCUT2D eigenvalue weighted by molar-refractivity contribution is 6.04. The first-order valence-corrected chi connectivity index (χ1v) is 14.1. The number of benzene rings is 2. The predicted molar refractivity (Wildman–Crippen MR) is 149 cm³/mol. The predicted octanol–water partition coefficient (Wildman–Crippen LogP) is 5.43. The van der Waals surface area contributed by atoms with Gasteiger partial charge in [0.25, 0.3) is 5.91 Å². The number of aryl methyl sites for hydroxylation is 1. The maximum atomic E-state index is 13.2. The number of nitrogens with one attached hydrogen (secondary N) is 1. The summed E-state index contributed by atoms with van der Waals surface area (Å²) >= 11 is 0. The third-order valence-electron chi connectivity index (χ3n) is 8.19. The number of amides is 2. The van der Waals surface area contributed by atoms with Crippen molar-refractivity contribution in [2.45, 2.75) is 70.8 Å². The Labute approximate surface area is 229 Å². The van der Waals surface area contributed by atoms with Crippen LogP contribution in [0.25, 0.3) is 11.0 Å². The Morgan fingerprint density at radius 1 is 1.08 bits per heavy atom. The maximum absolute atomic E-state index is 13.2. The fraction of sp³-hybridized carbons (Fsp3) is 0.452. The summed E-state index contributed by atoms with van der Waals surface area (Å²) in [4.78, 5) is 45.0. The van der Waals surface area contributed by atoms with Gasteiger partial charge >= 0.3 is 0 Å². The van der Waals surface area contributed by atoms with Crippen molar-refractivity contribution in [2.24, 2.45) is 5.92 Å². The zero-order chi connectivity index (χ0) is 27.4. The molecule has 0 bridgehead atoms. The molecule has 3 aromatic rings. The summed E-state index contributed by atoms with van der Waals surface area (Å²) in [5.74, 6) is 0.541. The first-order chi connectivity index (χ1) is 18.9. The summed E-state index contributed by atoms with van der Waals surface area (Å²) in [6, 6.07) is 14.5. The third-order valence-corrected chi connectivity index (χ3v) is 8.19. The zero-order valence-corrected chi connectivity index (χ0v) is 22.5. The van der Waals surface area contributed by atoms with Crippen molar-refractivity contribution >= 4 is 34.6 Å². The molecule has 2 heterocycles. The van der Waals surface area contributed by atoms with Crippen LogP contribution < -0.4 is 5.32 Å². The van der Waals surface area contributed by atoms with Gasteiger partial charge in [-0.25, -0.2) is 4.98 Å². The number of imidazole rings is 1. The van der Waals surface area contributed by atoms with Crippen LogP contribution >= 0.6 is 0 Å². The molecule has 39 heavy (non-hydrogen) atoms. The Kier molecular flexibility index (Phi) is 8.06. The van der Waals surface area contributed by atoms with Crippen molar-refractivity contribution in [1.82, 2.24) is 14.5 Å². The summed E-state index contributed by atoms with van der Waals surface area (Å²) in [7, 11) is 0. The molecule has 1 aliphatic heterocycles. The topological polar surface area (TPSA) is 108 Å². The molecule has 1 saturated carbocycles. The van der Waals surface area contributed by atoms with E-state index in [1.807, 2.05) is 34.6 Å². The lowest BCUT2D eigenvalue weighted by atomic mass is 9.80. The number of hydrogen-bond acceptors (Lipinski definition) is 5. The van der Waals surface area contributed by atoms with Crippen LogP contribution in [-0.4, -0.2) is 45.1 Å². The van der Waals surface area contributed by atoms with Gasteiger partial charge in [0.2, 0.25) is 11.9 Å². The van der Waals surface area contributed by atoms with Crippen LogP contribution in [0.15, 0.2) is 42.5 Å². The molecule has 5 rings (SSSR count). The summed E-state index contributed by atoms with van der Waals surface area (Å²) in [5, 5.41) is 12.0. The molecule has 2 amide bonds. The second-order valence-electron chi connectivity index (χ2n) is 10.8. The molecule has 1 atom stereocenters. The Bertz CT molecular complexity index is 1410. The number of nitriles is 1. The molecule has 2 aliphatic rings. The van der Waals surface area contributed by atoms with Gasteiger partial charge in [0.15, 0.2) is 0 Å². The molecule has 0 radical (unpaired) electrons. The highest BCUT2D eigenvalue weighted by atomic mass is 16.2. The van der Waals surface area contributed by atoms with E-state index in [0.717, 1.165) is 61.7 Å². The first kappa shape index (κ1) is 26.6. The zero-order valence-electron chi connectivity index (χ0n) is 22.5. The fourth-order valence-electron chi connectivity index (χ4n) is 5.87. The van der Waals surface area contributed by atoms with E-state index in [-0.39, 0.29) is 23.7 Å². The number of Topliss-reactive ketones (excluding diaryl/α,β-unsaturated/α-hetero) is 1. The van der Waals surface area contributed by atoms with Crippen molar-refractivity contribution in [2.75, 3.05) is 18.4 Å². The summed E-state index contributed by atoms with van der Waals surface area (Å²) in [5.41, 5.74) is 3.46. The van der Waals surface area contributed by atoms with E-state index in [9.17, 15) is 14.4 Å². The molecule has 2 fully saturated rings. The Hall–Kier alpha value is -3.99. The lowest BCUT2D eigenvalue weighted by Gasteiger charge is -2.23. The third kappa shape index (κ3) is 5.88. The summed E-state index contributed by atoms with van der Waals surface area (Å²) in [6.45, 7) is 4.02. The molecule has 1 saturated heterocycles. The quantitative estimate of drug-likeness (QED) is 0.401. The van der Waals surface area contributed by atoms with Gasteiger partial charge in [-0.3, -0.25) is 19.7 Å². The number of hydrogen-bond donors (Lipinski definition) is 1. The highest BCUT2D eigenvalue weighted by Gasteiger charge is 2.27. The monoisotopic (exact) mass is 525 g/mol. The molecule has 8 heteroatoms. The van der Waals surface area contributed by atoms with Crippen molar-refractivity contribution in [3.05, 3.63) is 59.2 Å². The van der Waals surface area contributed by atoms with Crippen LogP contribution in [0.2, 0.25) is 0 Å². The minimum absolute atomic E-state index is 0.137. The van der Waals surface area contributed by atoms with Gasteiger partial charge in [0, 0.05) is 43.5 Å². The van der Waals surface area contributed by atoms with Crippen LogP contribution in [0.5, 0.6) is 0 Å². The van der Waals surface area contributed by atoms with Gasteiger partial charge in [0.1, 0.15) is 5.78 Å². The largest absolute Gasteiger partial charge is 0.343 e. The number of carbonyl (C=O) groups is 3. The molecule has 8 nitrogen and oxygen atoms in total. The van der Waals surface area contributed by atoms with E-state index in [1.165, 1.54) is 6.42 Å². The van der Waals surface area contributed by atoms with E-state index >= 15 is 0 Å². The Morgan fingerprint density at radius 2 is 1.85 bits per heavy atom. The minimum atomic E-state index is -0.313. The fourth-order valence-corrected chi connectivity index (χ4v) is 5.87. The SMILES string of the molecule is CC(C(=O)C1CCCCC1)c1ccc2c(c1)nc(NC(=O)c1ccc(C#N)cc1)n2CCCN1CCCC1=O. The number of rotatable bonds is 9. The second-order valence-corrected chi connectivity index (χ2v) is 10.8. The molecular formula is C31H35N5O3. The number of carbonyl (C=O) groups excluding carboxylic acids is 3. The Morgan fingerprint density at radius 3 is 2.54 bits per heavy atom. The molecule has 2 aromatic carbocycles. The van der Waals surface area contributed by atoms with E-state index in [1.54, 1.807) is 24.3 Å². The minimum Gasteiger partial charge on any atom is -0.343 e. The van der Waals surface area contributed by atoms with Crippen molar-refractivity contribution in [3.8, 4) is 6.07 Å². The number of likely N-dealkylation sites (tertiary alicyclic amines) is 1. The average Bonchev–Trinajstić information content (AvgIpc) is 3.54. The van der Waals surface area contributed by atoms with Crippen molar-refractivity contribution < 1.29 is 14.4 Å². The highest BCUT2D eigenvalue weighted by Crippen LogP contribution is 2.32. The van der Waals surface area contributed by atoms with Crippen LogP contribution in [-0.2, 0) is 16.1 Å². The van der Waals surface area contributed by atoms with Crippen molar-refractivity contribution in [1.29, 1.82) is 5.26 Å². The maximum Gasteiger partial charge on any atom is 0.257 e. The van der Waals surface area contributed by atoms with Crippen LogP contribution in [0.1, 0.15) is 85.7 Å². The summed E-state index contributed by atoms with van der Waals surface area (Å²) < 4.78 is 1.98. The normalized spacial score (nSPS) is 16.8. The molecule has 1 aromatic heterocycles. The van der Waals surface area contributed by atoms with E-state index in [2.05, 4.69) is 11.4 Å². The molecule has 202 valence electrons. The summed E-state index contributed by atoms with van der Waals surface area (Å²) in [6.07, 6.45) is 7.66. The number of ketones is 1. The van der Waals surface area contributed by atoms with Gasteiger partial charge in [0.05, 0.1) is 22.7 Å². The number of nitrogens with zero attached hydrogens (tertiary/aromatic N) is 4. The smallest absolute Gasteiger partial charge is 0.257 e. The van der Waals surface area contributed by atoms with Gasteiger partial charge in [-0.1, -0.05) is 32.3 Å². The van der Waals surface area contributed by atoms with Crippen molar-refractivity contribution in [3.63, 3.8) is 0 Å². The van der Waals surface area contributed by atoms with Gasteiger partial charge in [-0.2, -0.15) is 5.26 Å². The lowest BCUT2D eigenvalue weighted by molar-refractivity contribution is -0.127. The molecule has 1 N–H and O–H groups in total. The lowest BCUT2D eigenvalue weighted by Crippen LogP contribution is -2.26. The van der Waals surface area contributed by atoms with Gasteiger partial charge < -0.3 is 9.47 Å². The number of anilines is 1. The number of fused-ring (bicyclic) bond motifs is 1. The standard InChI is InChI=1S/C31H35N5O3/c1-21(29(38)23-7-3-2-4-8-23)25-14-15-27-26(19-25)33-31(34-30(39)24-12-10-22(20-32)11-13-24)36(27)18-6-17-35-16-5-9-28(35)37/h10-15,19,21,23H,2-9,16-18H2,1H3,(H,33,34,39). The van der Waals surface area contributed by atoms with Crippen LogP contribution in [0.3, 0.4) is 0 Å². The first-order valence-electron chi connectivity index (χ1n) is 14.1. The van der Waals surface area contributed by atoms with Gasteiger partial charge in [-0.15, -0.1) is 0 Å². The van der Waals surface area contributed by atoms with E-state index in [0.29, 0.717) is 42.4 Å². The van der Waals surface area contributed by atoms with E-state index in [4.69, 9.17) is 10.2 Å². The van der Waals surface area contributed by atoms with Crippen LogP contribution in [0, 0.1) is 17.2 Å². The average molecular weight is 526 g/mol. The molecule has 1 unspecified atom stereocenters. The van der Waals surface area contributed by atoms with Crippen LogP contribution in [0.4, 0.5) is 5.95 Å². The van der Waals surface area contributed by atoms with Gasteiger partial charge in [-0.05, 0) is 67.6 Å². The number of aromatic nitrogens is 2. The van der Waals surface area contributed by atoms with E-state index < -0.39 is 0 Å². The molecule has 1 aliphatic carbocycles. The Balaban J connectivity index is 1.40. The molecule has 0 spiro atoms. The molecular weight excluding hydrogens is 490 g/mol. The second kappa shape index (κ2) is 11.8.